The van der Waals surface area contributed by atoms with Crippen molar-refractivity contribution in [2.75, 3.05) is 0 Å². The Labute approximate surface area is 75.1 Å². The zero-order chi connectivity index (χ0) is 7.49. The summed E-state index contributed by atoms with van der Waals surface area (Å²) in [5, 5.41) is 0.693. The van der Waals surface area contributed by atoms with Gasteiger partial charge in [-0.1, -0.05) is 0 Å². The summed E-state index contributed by atoms with van der Waals surface area (Å²) in [7, 11) is 16.8. The van der Waals surface area contributed by atoms with Crippen LogP contribution in [0.15, 0.2) is 11.1 Å². The fourth-order valence-electron chi connectivity index (χ4n) is 0.256. The molecule has 0 radical (unpaired) electrons. The molecule has 0 amide bonds. The summed E-state index contributed by atoms with van der Waals surface area (Å²) in [6.07, 6.45) is 1.75. The van der Waals surface area contributed by atoms with E-state index in [1.165, 1.54) is 0 Å². The van der Waals surface area contributed by atoms with Gasteiger partial charge in [0.2, 0.25) is 0 Å². The summed E-state index contributed by atoms with van der Waals surface area (Å²) < 4.78 is 0.564. The molecule has 0 aromatic rings. The molecule has 5 heteroatoms. The first-order valence-corrected chi connectivity index (χ1v) is 15.5. The molecule has 0 fully saturated rings. The van der Waals surface area contributed by atoms with Gasteiger partial charge in [0.05, 0.1) is 0 Å². The third kappa shape index (κ3) is 9.70. The Morgan fingerprint density at radius 2 is 1.89 bits per heavy atom. The molecule has 0 bridgehead atoms. The van der Waals surface area contributed by atoms with Crippen molar-refractivity contribution in [2.24, 2.45) is 0 Å². The van der Waals surface area contributed by atoms with Crippen LogP contribution in [0, 0.1) is 0 Å². The Morgan fingerprint density at radius 3 is 2.00 bits per heavy atom. The van der Waals surface area contributed by atoms with Gasteiger partial charge in [-0.2, -0.15) is 0 Å². The van der Waals surface area contributed by atoms with E-state index in [4.69, 9.17) is 38.4 Å². The minimum atomic E-state index is -3.11. The second-order valence-corrected chi connectivity index (χ2v) is 23.8. The molecule has 54 valence electrons. The summed E-state index contributed by atoms with van der Waals surface area (Å²) in [5.74, 6) is 0. The summed E-state index contributed by atoms with van der Waals surface area (Å²) in [6.45, 7) is 1.77. The summed E-state index contributed by atoms with van der Waals surface area (Å²) in [6, 6.07) is 0. The molecule has 0 nitrogen and oxygen atoms in total. The topological polar surface area (TPSA) is 0 Å². The third-order valence-corrected chi connectivity index (χ3v) is 5.78. The molecular weight excluding hydrogens is 309 g/mol. The van der Waals surface area contributed by atoms with E-state index in [2.05, 4.69) is 0 Å². The van der Waals surface area contributed by atoms with E-state index in [0.717, 1.165) is 0 Å². The fraction of sp³-hybridized carbons (Fsp3) is 0.500. The van der Waals surface area contributed by atoms with Crippen molar-refractivity contribution in [1.29, 1.82) is 0 Å². The maximum absolute atomic E-state index is 5.61. The van der Waals surface area contributed by atoms with Crippen LogP contribution >= 0.6 is 38.4 Å². The van der Waals surface area contributed by atoms with Crippen LogP contribution < -0.4 is 0 Å². The maximum atomic E-state index is 5.61. The monoisotopic (exact) mass is 314 g/mol. The van der Waals surface area contributed by atoms with Crippen LogP contribution in [-0.4, -0.2) is 15.0 Å². The molecule has 0 unspecified atom stereocenters. The molecule has 0 aliphatic heterocycles. The first kappa shape index (κ1) is 10.7. The van der Waals surface area contributed by atoms with Gasteiger partial charge in [0, 0.05) is 0 Å². The first-order chi connectivity index (χ1) is 3.92. The molecule has 0 aromatic carbocycles. The zero-order valence-electron chi connectivity index (χ0n) is 4.80. The van der Waals surface area contributed by atoms with Gasteiger partial charge < -0.3 is 0 Å². The van der Waals surface area contributed by atoms with Gasteiger partial charge >= 0.3 is 75.8 Å². The zero-order valence-corrected chi connectivity index (χ0v) is 10.7. The van der Waals surface area contributed by atoms with Crippen LogP contribution in [0.4, 0.5) is 0 Å². The summed E-state index contributed by atoms with van der Waals surface area (Å²) >= 11 is 2.40. The van der Waals surface area contributed by atoms with Crippen LogP contribution in [0.3, 0.4) is 0 Å². The number of rotatable bonds is 2. The van der Waals surface area contributed by atoms with Crippen molar-refractivity contribution >= 4 is 53.4 Å². The van der Waals surface area contributed by atoms with E-state index >= 15 is 0 Å². The van der Waals surface area contributed by atoms with Crippen LogP contribution in [0.2, 0.25) is 4.44 Å². The summed E-state index contributed by atoms with van der Waals surface area (Å²) in [5.41, 5.74) is 0. The van der Waals surface area contributed by atoms with Crippen molar-refractivity contribution in [1.82, 2.24) is 0 Å². The standard InChI is InChI=1S/C4H6Cl.3ClH.Sn/c1-3-4(2)5;;;;/h3H,1H2,2H3;3*1H;/q;;;;+3/p-3. The van der Waals surface area contributed by atoms with Crippen molar-refractivity contribution < 1.29 is 0 Å². The molecule has 9 heavy (non-hydrogen) atoms. The van der Waals surface area contributed by atoms with Crippen molar-refractivity contribution in [2.45, 2.75) is 11.4 Å². The Bertz CT molecular complexity index is 110. The van der Waals surface area contributed by atoms with E-state index in [1.807, 2.05) is 0 Å². The molecule has 0 aliphatic rings. The molecule has 0 atom stereocenters. The number of allylic oxidation sites excluding steroid dienone is 2. The Morgan fingerprint density at radius 1 is 1.44 bits per heavy atom. The number of halogens is 4. The third-order valence-electron chi connectivity index (χ3n) is 0.615. The van der Waals surface area contributed by atoms with Crippen molar-refractivity contribution in [3.63, 3.8) is 0 Å². The van der Waals surface area contributed by atoms with Gasteiger partial charge in [-0.15, -0.1) is 0 Å². The predicted octanol–water partition coefficient (Wildman–Crippen LogP) is 3.78. The Balaban J connectivity index is 3.64. The molecule has 0 saturated heterocycles. The normalized spacial score (nSPS) is 14.1. The van der Waals surface area contributed by atoms with Crippen LogP contribution in [0.1, 0.15) is 6.92 Å². The van der Waals surface area contributed by atoms with Crippen LogP contribution in [0.25, 0.3) is 0 Å². The average Bonchev–Trinajstić information content (AvgIpc) is 1.59. The molecule has 0 aliphatic carbocycles. The molecular formula is C4H6Cl4Sn. The number of hydrogen-bond acceptors (Lipinski definition) is 0. The quantitative estimate of drug-likeness (QED) is 0.680. The second-order valence-electron chi connectivity index (χ2n) is 1.61. The average molecular weight is 315 g/mol. The van der Waals surface area contributed by atoms with E-state index in [1.54, 1.807) is 13.0 Å². The number of hydrogen-bond donors (Lipinski definition) is 0. The second kappa shape index (κ2) is 4.55. The van der Waals surface area contributed by atoms with E-state index < -0.39 is 15.0 Å². The van der Waals surface area contributed by atoms with Gasteiger partial charge in [-0.3, -0.25) is 0 Å². The minimum absolute atomic E-state index is 0.564. The van der Waals surface area contributed by atoms with Crippen molar-refractivity contribution in [3.8, 4) is 0 Å². The van der Waals surface area contributed by atoms with Gasteiger partial charge in [-0.25, -0.2) is 0 Å². The predicted molar refractivity (Wildman–Crippen MR) is 47.7 cm³/mol. The Kier molecular flexibility index (Phi) is 5.41. The SMILES string of the molecule is CC(Cl)=C[CH2][Sn]([Cl])([Cl])[Cl]. The van der Waals surface area contributed by atoms with E-state index in [-0.39, 0.29) is 0 Å². The molecule has 0 aromatic heterocycles. The molecule has 0 saturated carbocycles. The van der Waals surface area contributed by atoms with Crippen LogP contribution in [0.5, 0.6) is 0 Å². The van der Waals surface area contributed by atoms with Gasteiger partial charge in [0.25, 0.3) is 0 Å². The van der Waals surface area contributed by atoms with Crippen LogP contribution in [-0.2, 0) is 0 Å². The summed E-state index contributed by atoms with van der Waals surface area (Å²) in [4.78, 5) is 0. The van der Waals surface area contributed by atoms with E-state index in [0.29, 0.717) is 9.47 Å². The molecule has 0 heterocycles. The van der Waals surface area contributed by atoms with Gasteiger partial charge in [0.15, 0.2) is 0 Å². The van der Waals surface area contributed by atoms with Gasteiger partial charge in [-0.05, 0) is 0 Å². The molecule has 0 rings (SSSR count). The van der Waals surface area contributed by atoms with Gasteiger partial charge in [0.1, 0.15) is 0 Å². The fourth-order valence-corrected chi connectivity index (χ4v) is 3.79. The molecule has 0 spiro atoms. The Hall–Kier alpha value is 1.70. The first-order valence-electron chi connectivity index (χ1n) is 2.31. The molecule has 0 N–H and O–H groups in total. The van der Waals surface area contributed by atoms with E-state index in [9.17, 15) is 0 Å². The van der Waals surface area contributed by atoms with Crippen molar-refractivity contribution in [3.05, 3.63) is 11.1 Å².